The molecule has 2 rings (SSSR count). The zero-order valence-electron chi connectivity index (χ0n) is 17.8. The molecular formula is C19H40IN5O2. The van der Waals surface area contributed by atoms with Crippen molar-refractivity contribution >= 4 is 29.9 Å². The number of ether oxygens (including phenoxy) is 2. The van der Waals surface area contributed by atoms with Crippen LogP contribution >= 0.6 is 24.0 Å². The predicted octanol–water partition coefficient (Wildman–Crippen LogP) is 1.38. The average Bonchev–Trinajstić information content (AvgIpc) is 2.65. The summed E-state index contributed by atoms with van der Waals surface area (Å²) in [6, 6.07) is 0. The summed E-state index contributed by atoms with van der Waals surface area (Å²) in [6.07, 6.45) is 2.09. The number of guanidine groups is 1. The molecule has 2 heterocycles. The molecule has 2 aliphatic rings. The van der Waals surface area contributed by atoms with Gasteiger partial charge in [-0.3, -0.25) is 9.89 Å². The number of halogens is 1. The summed E-state index contributed by atoms with van der Waals surface area (Å²) in [5, 5.41) is 6.99. The van der Waals surface area contributed by atoms with Gasteiger partial charge in [-0.25, -0.2) is 0 Å². The number of hydrogen-bond donors (Lipinski definition) is 2. The van der Waals surface area contributed by atoms with Crippen LogP contribution in [0.25, 0.3) is 0 Å². The smallest absolute Gasteiger partial charge is 0.191 e. The van der Waals surface area contributed by atoms with Crippen LogP contribution < -0.4 is 10.6 Å². The van der Waals surface area contributed by atoms with E-state index in [1.807, 2.05) is 0 Å². The van der Waals surface area contributed by atoms with Crippen molar-refractivity contribution in [2.45, 2.75) is 44.7 Å². The highest BCUT2D eigenvalue weighted by Gasteiger charge is 2.35. The predicted molar refractivity (Wildman–Crippen MR) is 122 cm³/mol. The third kappa shape index (κ3) is 7.30. The molecule has 0 saturated carbocycles. The van der Waals surface area contributed by atoms with Crippen LogP contribution in [0.1, 0.15) is 33.6 Å². The first kappa shape index (κ1) is 24.9. The first-order valence-corrected chi connectivity index (χ1v) is 10.00. The van der Waals surface area contributed by atoms with Crippen molar-refractivity contribution in [1.29, 1.82) is 0 Å². The van der Waals surface area contributed by atoms with Crippen LogP contribution in [0, 0.1) is 0 Å². The van der Waals surface area contributed by atoms with Gasteiger partial charge >= 0.3 is 0 Å². The number of morpholine rings is 1. The molecule has 2 N–H and O–H groups in total. The molecule has 0 unspecified atom stereocenters. The van der Waals surface area contributed by atoms with E-state index < -0.39 is 0 Å². The molecule has 0 radical (unpaired) electrons. The van der Waals surface area contributed by atoms with E-state index in [2.05, 4.69) is 55.3 Å². The second kappa shape index (κ2) is 11.7. The van der Waals surface area contributed by atoms with Gasteiger partial charge in [0.1, 0.15) is 0 Å². The van der Waals surface area contributed by atoms with Gasteiger partial charge in [-0.2, -0.15) is 0 Å². The molecule has 2 saturated heterocycles. The third-order valence-corrected chi connectivity index (χ3v) is 5.79. The average molecular weight is 497 g/mol. The Morgan fingerprint density at radius 3 is 2.22 bits per heavy atom. The SMILES string of the molecule is CCNC(=NCC(C)(C)N1CCOCC1)NCC1(N(C)C)CCOCC1.I. The molecule has 8 heteroatoms. The van der Waals surface area contributed by atoms with Crippen LogP contribution in [0.4, 0.5) is 0 Å². The van der Waals surface area contributed by atoms with Crippen molar-refractivity contribution < 1.29 is 9.47 Å². The monoisotopic (exact) mass is 497 g/mol. The van der Waals surface area contributed by atoms with Crippen LogP contribution in [0.3, 0.4) is 0 Å². The van der Waals surface area contributed by atoms with E-state index in [1.165, 1.54) is 0 Å². The van der Waals surface area contributed by atoms with Gasteiger partial charge in [-0.1, -0.05) is 0 Å². The number of hydrogen-bond acceptors (Lipinski definition) is 5. The van der Waals surface area contributed by atoms with Crippen molar-refractivity contribution in [2.75, 3.05) is 73.2 Å². The second-order valence-corrected chi connectivity index (χ2v) is 8.19. The lowest BCUT2D eigenvalue weighted by Gasteiger charge is -2.43. The number of nitrogens with zero attached hydrogens (tertiary/aromatic N) is 3. The van der Waals surface area contributed by atoms with Crippen LogP contribution in [-0.4, -0.2) is 100 Å². The van der Waals surface area contributed by atoms with Gasteiger partial charge < -0.3 is 25.0 Å². The van der Waals surface area contributed by atoms with Crippen molar-refractivity contribution in [2.24, 2.45) is 4.99 Å². The normalized spacial score (nSPS) is 21.6. The Hall–Kier alpha value is -0.160. The number of aliphatic imine (C=N–C) groups is 1. The molecule has 0 atom stereocenters. The molecule has 0 amide bonds. The van der Waals surface area contributed by atoms with Gasteiger partial charge in [0.25, 0.3) is 0 Å². The van der Waals surface area contributed by atoms with E-state index in [0.717, 1.165) is 78.0 Å². The third-order valence-electron chi connectivity index (χ3n) is 5.79. The summed E-state index contributed by atoms with van der Waals surface area (Å²) in [7, 11) is 4.33. The molecule has 2 aliphatic heterocycles. The fourth-order valence-electron chi connectivity index (χ4n) is 3.66. The second-order valence-electron chi connectivity index (χ2n) is 8.19. The van der Waals surface area contributed by atoms with Crippen molar-refractivity contribution in [3.63, 3.8) is 0 Å². The maximum Gasteiger partial charge on any atom is 0.191 e. The van der Waals surface area contributed by atoms with E-state index in [4.69, 9.17) is 14.5 Å². The summed E-state index contributed by atoms with van der Waals surface area (Å²) < 4.78 is 11.1. The summed E-state index contributed by atoms with van der Waals surface area (Å²) in [5.41, 5.74) is 0.165. The molecule has 0 aromatic rings. The lowest BCUT2D eigenvalue weighted by molar-refractivity contribution is -0.00716. The zero-order chi connectivity index (χ0) is 19.0. The lowest BCUT2D eigenvalue weighted by atomic mass is 9.88. The summed E-state index contributed by atoms with van der Waals surface area (Å²) in [5.74, 6) is 0.904. The summed E-state index contributed by atoms with van der Waals surface area (Å²) in [6.45, 7) is 14.4. The highest BCUT2D eigenvalue weighted by atomic mass is 127. The highest BCUT2D eigenvalue weighted by Crippen LogP contribution is 2.25. The topological polar surface area (TPSA) is 61.4 Å². The van der Waals surface area contributed by atoms with E-state index in [-0.39, 0.29) is 35.1 Å². The van der Waals surface area contributed by atoms with Gasteiger partial charge in [0.2, 0.25) is 0 Å². The Labute approximate surface area is 182 Å². The van der Waals surface area contributed by atoms with Gasteiger partial charge in [-0.15, -0.1) is 24.0 Å². The lowest BCUT2D eigenvalue weighted by Crippen LogP contribution is -2.57. The Bertz CT molecular complexity index is 447. The van der Waals surface area contributed by atoms with E-state index in [1.54, 1.807) is 0 Å². The van der Waals surface area contributed by atoms with Gasteiger partial charge in [0.15, 0.2) is 5.96 Å². The molecule has 160 valence electrons. The molecule has 0 spiro atoms. The van der Waals surface area contributed by atoms with Crippen LogP contribution in [-0.2, 0) is 9.47 Å². The fourth-order valence-corrected chi connectivity index (χ4v) is 3.66. The van der Waals surface area contributed by atoms with E-state index in [9.17, 15) is 0 Å². The molecule has 7 nitrogen and oxygen atoms in total. The highest BCUT2D eigenvalue weighted by molar-refractivity contribution is 14.0. The molecule has 0 aliphatic carbocycles. The first-order chi connectivity index (χ1) is 12.4. The molecule has 0 aromatic heterocycles. The Morgan fingerprint density at radius 2 is 1.67 bits per heavy atom. The zero-order valence-corrected chi connectivity index (χ0v) is 20.2. The fraction of sp³-hybridized carbons (Fsp3) is 0.947. The standard InChI is InChI=1S/C19H39N5O2.HI/c1-6-20-17(21-15-18(2,3)24-9-13-26-14-10-24)22-16-19(23(4)5)7-11-25-12-8-19;/h6-16H2,1-5H3,(H2,20,21,22);1H. The first-order valence-electron chi connectivity index (χ1n) is 10.00. The van der Waals surface area contributed by atoms with Crippen LogP contribution in [0.5, 0.6) is 0 Å². The van der Waals surface area contributed by atoms with Gasteiger partial charge in [-0.05, 0) is 47.7 Å². The Morgan fingerprint density at radius 1 is 1.07 bits per heavy atom. The minimum Gasteiger partial charge on any atom is -0.381 e. The molecular weight excluding hydrogens is 457 g/mol. The Balaban J connectivity index is 0.00000364. The largest absolute Gasteiger partial charge is 0.381 e. The van der Waals surface area contributed by atoms with E-state index in [0.29, 0.717) is 0 Å². The quantitative estimate of drug-likeness (QED) is 0.315. The maximum atomic E-state index is 5.57. The number of likely N-dealkylation sites (N-methyl/N-ethyl adjacent to an activating group) is 1. The minimum absolute atomic E-state index is 0. The number of nitrogens with one attached hydrogen (secondary N) is 2. The molecule has 0 aromatic carbocycles. The summed E-state index contributed by atoms with van der Waals surface area (Å²) >= 11 is 0. The molecule has 2 fully saturated rings. The van der Waals surface area contributed by atoms with Crippen molar-refractivity contribution in [3.8, 4) is 0 Å². The van der Waals surface area contributed by atoms with Crippen LogP contribution in [0.2, 0.25) is 0 Å². The number of rotatable bonds is 7. The van der Waals surface area contributed by atoms with Crippen LogP contribution in [0.15, 0.2) is 4.99 Å². The van der Waals surface area contributed by atoms with Crippen molar-refractivity contribution in [1.82, 2.24) is 20.4 Å². The molecule has 0 bridgehead atoms. The van der Waals surface area contributed by atoms with Crippen molar-refractivity contribution in [3.05, 3.63) is 0 Å². The minimum atomic E-state index is 0. The van der Waals surface area contributed by atoms with Gasteiger partial charge in [0.05, 0.1) is 19.8 Å². The molecule has 27 heavy (non-hydrogen) atoms. The van der Waals surface area contributed by atoms with Gasteiger partial charge in [0, 0.05) is 50.5 Å². The maximum absolute atomic E-state index is 5.57. The summed E-state index contributed by atoms with van der Waals surface area (Å²) in [4.78, 5) is 9.71. The Kier molecular flexibility index (Phi) is 10.8. The van der Waals surface area contributed by atoms with E-state index >= 15 is 0 Å².